The highest BCUT2D eigenvalue weighted by molar-refractivity contribution is 5.88. The van der Waals surface area contributed by atoms with Gasteiger partial charge in [-0.2, -0.15) is 0 Å². The third-order valence-corrected chi connectivity index (χ3v) is 3.96. The molecule has 0 aliphatic carbocycles. The molecule has 0 unspecified atom stereocenters. The number of guanidine groups is 1. The van der Waals surface area contributed by atoms with Gasteiger partial charge in [-0.3, -0.25) is 4.79 Å². The van der Waals surface area contributed by atoms with Gasteiger partial charge in [-0.05, 0) is 42.2 Å². The van der Waals surface area contributed by atoms with Gasteiger partial charge >= 0.3 is 0 Å². The predicted molar refractivity (Wildman–Crippen MR) is 108 cm³/mol. The van der Waals surface area contributed by atoms with Gasteiger partial charge in [0.05, 0.1) is 6.54 Å². The average molecular weight is 352 g/mol. The lowest BCUT2D eigenvalue weighted by Crippen LogP contribution is -2.37. The zero-order chi connectivity index (χ0) is 18.8. The maximum absolute atomic E-state index is 11.2. The number of hydrogen-bond acceptors (Lipinski definition) is 2. The smallest absolute Gasteiger partial charge is 0.221 e. The van der Waals surface area contributed by atoms with Crippen LogP contribution in [-0.4, -0.2) is 18.4 Å². The summed E-state index contributed by atoms with van der Waals surface area (Å²) in [5, 5.41) is 9.47. The molecule has 5 nitrogen and oxygen atoms in total. The zero-order valence-corrected chi connectivity index (χ0v) is 15.8. The van der Waals surface area contributed by atoms with E-state index in [2.05, 4.69) is 59.1 Å². The summed E-state index contributed by atoms with van der Waals surface area (Å²) >= 11 is 0. The number of hydrogen-bond donors (Lipinski definition) is 3. The van der Waals surface area contributed by atoms with E-state index < -0.39 is 0 Å². The number of carbonyl (C=O) groups is 1. The van der Waals surface area contributed by atoms with Crippen molar-refractivity contribution in [2.75, 3.05) is 11.9 Å². The van der Waals surface area contributed by atoms with E-state index in [9.17, 15) is 4.79 Å². The Morgan fingerprint density at radius 1 is 1.00 bits per heavy atom. The Morgan fingerprint density at radius 3 is 2.46 bits per heavy atom. The van der Waals surface area contributed by atoms with Crippen molar-refractivity contribution in [3.05, 3.63) is 65.2 Å². The molecule has 2 rings (SSSR count). The Bertz CT molecular complexity index is 755. The second-order valence-electron chi connectivity index (χ2n) is 6.05. The van der Waals surface area contributed by atoms with Crippen LogP contribution in [0.4, 0.5) is 5.69 Å². The predicted octanol–water partition coefficient (Wildman–Crippen LogP) is 3.46. The number of anilines is 1. The van der Waals surface area contributed by atoms with Gasteiger partial charge in [0.25, 0.3) is 0 Å². The van der Waals surface area contributed by atoms with Crippen LogP contribution in [0.1, 0.15) is 37.5 Å². The molecule has 3 N–H and O–H groups in total. The Hall–Kier alpha value is -2.82. The molecule has 0 fully saturated rings. The summed E-state index contributed by atoms with van der Waals surface area (Å²) in [6.45, 7) is 7.80. The van der Waals surface area contributed by atoms with E-state index in [1.807, 2.05) is 24.3 Å². The summed E-state index contributed by atoms with van der Waals surface area (Å²) in [5.41, 5.74) is 4.47. The molecule has 26 heavy (non-hydrogen) atoms. The summed E-state index contributed by atoms with van der Waals surface area (Å²) in [5.74, 6) is 0.707. The number of nitrogens with zero attached hydrogens (tertiary/aromatic N) is 1. The maximum Gasteiger partial charge on any atom is 0.221 e. The third kappa shape index (κ3) is 6.24. The second-order valence-corrected chi connectivity index (χ2v) is 6.05. The number of rotatable bonds is 7. The van der Waals surface area contributed by atoms with Gasteiger partial charge in [0.1, 0.15) is 0 Å². The van der Waals surface area contributed by atoms with Gasteiger partial charge < -0.3 is 16.0 Å². The van der Waals surface area contributed by atoms with Crippen LogP contribution in [0.5, 0.6) is 0 Å². The van der Waals surface area contributed by atoms with E-state index in [1.165, 1.54) is 18.1 Å². The largest absolute Gasteiger partial charge is 0.357 e. The molecule has 0 aliphatic heterocycles. The van der Waals surface area contributed by atoms with Gasteiger partial charge in [-0.15, -0.1) is 0 Å². The topological polar surface area (TPSA) is 65.5 Å². The van der Waals surface area contributed by atoms with Gasteiger partial charge in [0, 0.05) is 25.7 Å². The van der Waals surface area contributed by atoms with Crippen LogP contribution in [0.25, 0.3) is 0 Å². The van der Waals surface area contributed by atoms with Crippen molar-refractivity contribution in [1.29, 1.82) is 0 Å². The molecule has 5 heteroatoms. The number of aliphatic imine (C=N–C) groups is 1. The monoisotopic (exact) mass is 352 g/mol. The van der Waals surface area contributed by atoms with Crippen LogP contribution in [-0.2, 0) is 24.3 Å². The van der Waals surface area contributed by atoms with E-state index in [0.717, 1.165) is 36.7 Å². The van der Waals surface area contributed by atoms with Gasteiger partial charge in [0.2, 0.25) is 5.91 Å². The first-order valence-corrected chi connectivity index (χ1v) is 9.07. The quantitative estimate of drug-likeness (QED) is 0.528. The number of nitrogens with one attached hydrogen (secondary N) is 3. The first-order chi connectivity index (χ1) is 12.6. The maximum atomic E-state index is 11.2. The van der Waals surface area contributed by atoms with E-state index in [1.54, 1.807) is 0 Å². The number of benzene rings is 2. The van der Waals surface area contributed by atoms with Crippen molar-refractivity contribution < 1.29 is 4.79 Å². The zero-order valence-electron chi connectivity index (χ0n) is 15.8. The standard InChI is InChI=1S/C21H28N4O/c1-4-18-10-6-7-11-19(18)15-24-21(22-5-2)23-14-17-9-8-12-20(13-17)25-16(3)26/h6-13H,4-5,14-15H2,1-3H3,(H,25,26)(H2,22,23,24). The molecule has 1 amide bonds. The number of carbonyl (C=O) groups excluding carboxylic acids is 1. The number of amides is 1. The molecular formula is C21H28N4O. The van der Waals surface area contributed by atoms with Crippen molar-refractivity contribution in [3.8, 4) is 0 Å². The molecule has 0 aliphatic rings. The lowest BCUT2D eigenvalue weighted by atomic mass is 10.1. The fraction of sp³-hybridized carbons (Fsp3) is 0.333. The normalized spacial score (nSPS) is 11.1. The van der Waals surface area contributed by atoms with Gasteiger partial charge in [-0.25, -0.2) is 4.99 Å². The van der Waals surface area contributed by atoms with E-state index >= 15 is 0 Å². The minimum absolute atomic E-state index is 0.0738. The summed E-state index contributed by atoms with van der Waals surface area (Å²) in [6.07, 6.45) is 1.02. The van der Waals surface area contributed by atoms with Crippen LogP contribution in [0, 0.1) is 0 Å². The molecule has 2 aromatic rings. The molecule has 0 saturated heterocycles. The molecular weight excluding hydrogens is 324 g/mol. The van der Waals surface area contributed by atoms with E-state index in [0.29, 0.717) is 6.54 Å². The molecule has 0 spiro atoms. The third-order valence-electron chi connectivity index (χ3n) is 3.96. The Labute approximate surface area is 155 Å². The van der Waals surface area contributed by atoms with Crippen LogP contribution < -0.4 is 16.0 Å². The Balaban J connectivity index is 2.03. The molecule has 0 radical (unpaired) electrons. The SMILES string of the molecule is CCNC(=NCc1cccc(NC(C)=O)c1)NCc1ccccc1CC. The van der Waals surface area contributed by atoms with Crippen LogP contribution in [0.2, 0.25) is 0 Å². The molecule has 0 bridgehead atoms. The summed E-state index contributed by atoms with van der Waals surface area (Å²) < 4.78 is 0. The Kier molecular flexibility index (Phi) is 7.68. The van der Waals surface area contributed by atoms with Crippen LogP contribution in [0.3, 0.4) is 0 Å². The lowest BCUT2D eigenvalue weighted by molar-refractivity contribution is -0.114. The van der Waals surface area contributed by atoms with Crippen LogP contribution in [0.15, 0.2) is 53.5 Å². The molecule has 0 aromatic heterocycles. The van der Waals surface area contributed by atoms with E-state index in [4.69, 9.17) is 0 Å². The van der Waals surface area contributed by atoms with Crippen molar-refractivity contribution in [2.24, 2.45) is 4.99 Å². The Morgan fingerprint density at radius 2 is 1.77 bits per heavy atom. The minimum Gasteiger partial charge on any atom is -0.357 e. The van der Waals surface area contributed by atoms with Gasteiger partial charge in [-0.1, -0.05) is 43.3 Å². The summed E-state index contributed by atoms with van der Waals surface area (Å²) in [6, 6.07) is 16.2. The van der Waals surface area contributed by atoms with E-state index in [-0.39, 0.29) is 5.91 Å². The second kappa shape index (κ2) is 10.2. The first kappa shape index (κ1) is 19.5. The highest BCUT2D eigenvalue weighted by atomic mass is 16.1. The molecule has 0 heterocycles. The summed E-state index contributed by atoms with van der Waals surface area (Å²) in [4.78, 5) is 15.8. The highest BCUT2D eigenvalue weighted by Crippen LogP contribution is 2.12. The lowest BCUT2D eigenvalue weighted by Gasteiger charge is -2.13. The molecule has 2 aromatic carbocycles. The molecule has 0 saturated carbocycles. The fourth-order valence-electron chi connectivity index (χ4n) is 2.72. The molecule has 138 valence electrons. The van der Waals surface area contributed by atoms with Crippen molar-refractivity contribution in [3.63, 3.8) is 0 Å². The number of aryl methyl sites for hydroxylation is 1. The van der Waals surface area contributed by atoms with Crippen molar-refractivity contribution >= 4 is 17.6 Å². The van der Waals surface area contributed by atoms with Crippen molar-refractivity contribution in [2.45, 2.75) is 40.3 Å². The van der Waals surface area contributed by atoms with Crippen LogP contribution >= 0.6 is 0 Å². The minimum atomic E-state index is -0.0738. The van der Waals surface area contributed by atoms with Crippen molar-refractivity contribution in [1.82, 2.24) is 10.6 Å². The van der Waals surface area contributed by atoms with Gasteiger partial charge in [0.15, 0.2) is 5.96 Å². The summed E-state index contributed by atoms with van der Waals surface area (Å²) in [7, 11) is 0. The average Bonchev–Trinajstić information content (AvgIpc) is 2.64. The fourth-order valence-corrected chi connectivity index (χ4v) is 2.72. The molecule has 0 atom stereocenters. The first-order valence-electron chi connectivity index (χ1n) is 9.07. The highest BCUT2D eigenvalue weighted by Gasteiger charge is 2.03.